The molecule has 1 atom stereocenters. The summed E-state index contributed by atoms with van der Waals surface area (Å²) >= 11 is 0. The summed E-state index contributed by atoms with van der Waals surface area (Å²) in [6, 6.07) is 10.2. The molecule has 2 aromatic carbocycles. The lowest BCUT2D eigenvalue weighted by molar-refractivity contribution is -0.141. The van der Waals surface area contributed by atoms with Gasteiger partial charge in [-0.25, -0.2) is 12.8 Å². The molecule has 4 rings (SSSR count). The van der Waals surface area contributed by atoms with Gasteiger partial charge in [0.2, 0.25) is 21.8 Å². The van der Waals surface area contributed by atoms with Crippen molar-refractivity contribution < 1.29 is 31.9 Å². The summed E-state index contributed by atoms with van der Waals surface area (Å²) in [7, 11) is -3.65. The van der Waals surface area contributed by atoms with Gasteiger partial charge in [-0.15, -0.1) is 0 Å². The molecule has 0 unspecified atom stereocenters. The van der Waals surface area contributed by atoms with Crippen molar-refractivity contribution >= 4 is 27.5 Å². The van der Waals surface area contributed by atoms with Gasteiger partial charge in [0.05, 0.1) is 11.9 Å². The summed E-state index contributed by atoms with van der Waals surface area (Å²) in [5.41, 5.74) is 1.13. The van der Waals surface area contributed by atoms with Crippen molar-refractivity contribution in [1.82, 2.24) is 10.2 Å². The van der Waals surface area contributed by atoms with Gasteiger partial charge in [0, 0.05) is 31.6 Å². The van der Waals surface area contributed by atoms with E-state index in [1.807, 2.05) is 6.92 Å². The summed E-state index contributed by atoms with van der Waals surface area (Å²) in [5.74, 6) is 0.184. The molecule has 2 aromatic rings. The van der Waals surface area contributed by atoms with Gasteiger partial charge in [-0.05, 0) is 55.5 Å². The van der Waals surface area contributed by atoms with E-state index >= 15 is 0 Å². The molecule has 1 fully saturated rings. The highest BCUT2D eigenvalue weighted by Crippen LogP contribution is 2.35. The van der Waals surface area contributed by atoms with Gasteiger partial charge in [0.25, 0.3) is 0 Å². The second-order valence-corrected chi connectivity index (χ2v) is 12.6. The molecule has 1 aliphatic carbocycles. The lowest BCUT2D eigenvalue weighted by Gasteiger charge is -2.33. The largest absolute Gasteiger partial charge is 0.486 e. The molecule has 1 N–H and O–H groups in total. The molecule has 9 nitrogen and oxygen atoms in total. The Labute approximate surface area is 242 Å². The Kier molecular flexibility index (Phi) is 10.5. The van der Waals surface area contributed by atoms with Crippen molar-refractivity contribution in [2.75, 3.05) is 30.3 Å². The fourth-order valence-electron chi connectivity index (χ4n) is 5.44. The van der Waals surface area contributed by atoms with Gasteiger partial charge >= 0.3 is 0 Å². The van der Waals surface area contributed by atoms with Crippen molar-refractivity contribution in [2.45, 2.75) is 76.9 Å². The predicted molar refractivity (Wildman–Crippen MR) is 155 cm³/mol. The molecule has 1 heterocycles. The van der Waals surface area contributed by atoms with Gasteiger partial charge in [-0.1, -0.05) is 38.3 Å². The number of anilines is 1. The second kappa shape index (κ2) is 14.0. The Morgan fingerprint density at radius 2 is 1.71 bits per heavy atom. The maximum absolute atomic E-state index is 13.6. The van der Waals surface area contributed by atoms with Gasteiger partial charge in [-0.2, -0.15) is 0 Å². The third-order valence-electron chi connectivity index (χ3n) is 7.57. The number of sulfonamides is 1. The zero-order valence-corrected chi connectivity index (χ0v) is 24.6. The van der Waals surface area contributed by atoms with Crippen LogP contribution in [0.4, 0.5) is 10.1 Å². The summed E-state index contributed by atoms with van der Waals surface area (Å²) < 4.78 is 51.3. The number of halogens is 1. The van der Waals surface area contributed by atoms with Crippen molar-refractivity contribution in [1.29, 1.82) is 0 Å². The number of carbonyl (C=O) groups is 2. The molecule has 2 amide bonds. The highest BCUT2D eigenvalue weighted by molar-refractivity contribution is 7.92. The molecule has 2 aliphatic rings. The quantitative estimate of drug-likeness (QED) is 0.394. The molecule has 224 valence electrons. The summed E-state index contributed by atoms with van der Waals surface area (Å²) in [6.45, 7) is 2.88. The van der Waals surface area contributed by atoms with Crippen LogP contribution >= 0.6 is 0 Å². The Hall–Kier alpha value is -3.34. The normalized spacial score (nSPS) is 16.1. The number of carbonyl (C=O) groups excluding carboxylic acids is 2. The van der Waals surface area contributed by atoms with E-state index < -0.39 is 16.1 Å². The first-order chi connectivity index (χ1) is 19.7. The van der Waals surface area contributed by atoms with Crippen molar-refractivity contribution in [3.05, 3.63) is 53.8 Å². The molecule has 0 spiro atoms. The zero-order chi connectivity index (χ0) is 29.4. The molecular formula is C30H40FN3O6S. The van der Waals surface area contributed by atoms with E-state index in [9.17, 15) is 22.4 Å². The first-order valence-electron chi connectivity index (χ1n) is 14.4. The average Bonchev–Trinajstić information content (AvgIpc) is 2.95. The number of rotatable bonds is 12. The minimum absolute atomic E-state index is 0.0327. The molecule has 1 aliphatic heterocycles. The fraction of sp³-hybridized carbons (Fsp3) is 0.533. The van der Waals surface area contributed by atoms with E-state index in [0.29, 0.717) is 42.4 Å². The smallest absolute Gasteiger partial charge is 0.243 e. The van der Waals surface area contributed by atoms with Crippen LogP contribution in [0, 0.1) is 5.82 Å². The molecule has 0 radical (unpaired) electrons. The number of nitrogens with one attached hydrogen (secondary N) is 1. The Morgan fingerprint density at radius 1 is 1.02 bits per heavy atom. The van der Waals surface area contributed by atoms with E-state index in [1.54, 1.807) is 35.2 Å². The van der Waals surface area contributed by atoms with Crippen molar-refractivity contribution in [2.24, 2.45) is 0 Å². The van der Waals surface area contributed by atoms with Crippen LogP contribution in [0.1, 0.15) is 63.9 Å². The topological polar surface area (TPSA) is 105 Å². The number of nitrogens with zero attached hydrogens (tertiary/aromatic N) is 2. The van der Waals surface area contributed by atoms with Gasteiger partial charge in [-0.3, -0.25) is 13.9 Å². The van der Waals surface area contributed by atoms with E-state index in [-0.39, 0.29) is 49.6 Å². The number of benzene rings is 2. The van der Waals surface area contributed by atoms with Crippen LogP contribution in [0.5, 0.6) is 11.5 Å². The SMILES string of the molecule is CC[C@H](C(=O)NC1CCCCC1)N(Cc1ccc(F)cc1)C(=O)CCCN(c1ccc2c(c1)OCCO2)S(C)(=O)=O. The number of amides is 2. The summed E-state index contributed by atoms with van der Waals surface area (Å²) in [5, 5.41) is 3.14. The van der Waals surface area contributed by atoms with Crippen molar-refractivity contribution in [3.8, 4) is 11.5 Å². The zero-order valence-electron chi connectivity index (χ0n) is 23.8. The Balaban J connectivity index is 1.48. The second-order valence-electron chi connectivity index (χ2n) is 10.7. The number of hydrogen-bond donors (Lipinski definition) is 1. The number of fused-ring (bicyclic) bond motifs is 1. The maximum atomic E-state index is 13.6. The molecular weight excluding hydrogens is 549 g/mol. The average molecular weight is 590 g/mol. The first kappa shape index (κ1) is 30.6. The lowest BCUT2D eigenvalue weighted by Crippen LogP contribution is -2.51. The van der Waals surface area contributed by atoms with Crippen LogP contribution in [0.15, 0.2) is 42.5 Å². The highest BCUT2D eigenvalue weighted by atomic mass is 32.2. The first-order valence-corrected chi connectivity index (χ1v) is 16.2. The summed E-state index contributed by atoms with van der Waals surface area (Å²) in [6.07, 6.45) is 6.96. The molecule has 11 heteroatoms. The lowest BCUT2D eigenvalue weighted by atomic mass is 9.95. The molecule has 0 aromatic heterocycles. The predicted octanol–water partition coefficient (Wildman–Crippen LogP) is 4.40. The third kappa shape index (κ3) is 8.34. The molecule has 1 saturated carbocycles. The monoisotopic (exact) mass is 589 g/mol. The molecule has 0 bridgehead atoms. The highest BCUT2D eigenvalue weighted by Gasteiger charge is 2.30. The maximum Gasteiger partial charge on any atom is 0.243 e. The standard InChI is InChI=1S/C30H40FN3O6S/c1-3-26(30(36)32-24-8-5-4-6-9-24)33(21-22-11-13-23(31)14-12-22)29(35)10-7-17-34(41(2,37)38)25-15-16-27-28(20-25)40-19-18-39-27/h11-16,20,24,26H,3-10,17-19,21H2,1-2H3,(H,32,36)/t26-/m1/s1. The number of hydrogen-bond acceptors (Lipinski definition) is 6. The van der Waals surface area contributed by atoms with Crippen LogP contribution in [0.25, 0.3) is 0 Å². The number of ether oxygens (including phenoxy) is 2. The van der Waals surface area contributed by atoms with E-state index in [0.717, 1.165) is 38.4 Å². The molecule has 0 saturated heterocycles. The van der Waals surface area contributed by atoms with E-state index in [4.69, 9.17) is 9.47 Å². The fourth-order valence-corrected chi connectivity index (χ4v) is 6.40. The summed E-state index contributed by atoms with van der Waals surface area (Å²) in [4.78, 5) is 28.6. The minimum Gasteiger partial charge on any atom is -0.486 e. The van der Waals surface area contributed by atoms with E-state index in [1.165, 1.54) is 16.4 Å². The van der Waals surface area contributed by atoms with Gasteiger partial charge in [0.1, 0.15) is 25.1 Å². The van der Waals surface area contributed by atoms with Crippen LogP contribution in [0.3, 0.4) is 0 Å². The molecule has 41 heavy (non-hydrogen) atoms. The van der Waals surface area contributed by atoms with Crippen LogP contribution in [-0.2, 0) is 26.2 Å². The van der Waals surface area contributed by atoms with Crippen LogP contribution in [-0.4, -0.2) is 63.2 Å². The van der Waals surface area contributed by atoms with Crippen LogP contribution < -0.4 is 19.1 Å². The Morgan fingerprint density at radius 3 is 2.37 bits per heavy atom. The van der Waals surface area contributed by atoms with Gasteiger partial charge < -0.3 is 19.7 Å². The third-order valence-corrected chi connectivity index (χ3v) is 8.76. The minimum atomic E-state index is -3.65. The van der Waals surface area contributed by atoms with Gasteiger partial charge in [0.15, 0.2) is 11.5 Å². The van der Waals surface area contributed by atoms with E-state index in [2.05, 4.69) is 5.32 Å². The van der Waals surface area contributed by atoms with Crippen molar-refractivity contribution in [3.63, 3.8) is 0 Å². The van der Waals surface area contributed by atoms with Crippen LogP contribution in [0.2, 0.25) is 0 Å². The Bertz CT molecular complexity index is 1300.